The summed E-state index contributed by atoms with van der Waals surface area (Å²) in [6.45, 7) is 0. The molecule has 0 aliphatic rings. The predicted molar refractivity (Wildman–Crippen MR) is 157 cm³/mol. The first-order chi connectivity index (χ1) is 18.7. The van der Waals surface area contributed by atoms with Gasteiger partial charge >= 0.3 is 16.4 Å². The third kappa shape index (κ3) is 9.41. The predicted octanol–water partition coefficient (Wildman–Crippen LogP) is 4.07. The van der Waals surface area contributed by atoms with Crippen molar-refractivity contribution in [2.45, 2.75) is 24.9 Å². The van der Waals surface area contributed by atoms with E-state index >= 15 is 0 Å². The number of carbonyl (C=O) groups is 2. The Labute approximate surface area is 262 Å². The maximum atomic E-state index is 13.5. The summed E-state index contributed by atoms with van der Waals surface area (Å²) in [7, 11) is -3.16. The molecule has 4 aromatic rings. The zero-order chi connectivity index (χ0) is 27.8. The molecule has 205 valence electrons. The number of amides is 2. The summed E-state index contributed by atoms with van der Waals surface area (Å²) >= 11 is 3.02. The third-order valence-corrected chi connectivity index (χ3v) is 8.04. The van der Waals surface area contributed by atoms with Gasteiger partial charge in [0.25, 0.3) is 0 Å². The molecule has 0 bridgehead atoms. The van der Waals surface area contributed by atoms with Gasteiger partial charge in [0.15, 0.2) is 0 Å². The normalized spacial score (nSPS) is 12.4. The van der Waals surface area contributed by atoms with E-state index in [2.05, 4.69) is 10.6 Å². The second kappa shape index (κ2) is 14.7. The van der Waals surface area contributed by atoms with Crippen molar-refractivity contribution in [3.63, 3.8) is 0 Å². The largest absolute Gasteiger partial charge is 0.453 e. The summed E-state index contributed by atoms with van der Waals surface area (Å²) < 4.78 is 38.0. The number of aromatic nitrogens is 1. The van der Waals surface area contributed by atoms with Crippen LogP contribution in [0, 0.1) is 0 Å². The van der Waals surface area contributed by atoms with Gasteiger partial charge in [-0.2, -0.15) is 8.42 Å². The maximum Gasteiger partial charge on any atom is 0.407 e. The van der Waals surface area contributed by atoms with Crippen molar-refractivity contribution in [3.05, 3.63) is 94.3 Å². The molecule has 0 unspecified atom stereocenters. The van der Waals surface area contributed by atoms with Crippen LogP contribution in [-0.2, 0) is 32.7 Å². The van der Waals surface area contributed by atoms with Crippen LogP contribution >= 0.6 is 22.7 Å². The first kappa shape index (κ1) is 31.7. The minimum atomic E-state index is -4.40. The second-order valence-electron chi connectivity index (χ2n) is 8.47. The number of thiazole rings is 1. The van der Waals surface area contributed by atoms with Gasteiger partial charge in [0.1, 0.15) is 11.0 Å². The van der Waals surface area contributed by atoms with Crippen molar-refractivity contribution in [3.8, 4) is 9.88 Å². The Kier molecular flexibility index (Phi) is 11.7. The summed E-state index contributed by atoms with van der Waals surface area (Å²) in [4.78, 5) is 31.3. The maximum absolute atomic E-state index is 13.5. The van der Waals surface area contributed by atoms with E-state index in [0.29, 0.717) is 12.1 Å². The summed E-state index contributed by atoms with van der Waals surface area (Å²) in [5.41, 5.74) is 2.49. The van der Waals surface area contributed by atoms with Gasteiger partial charge in [-0.15, -0.1) is 22.7 Å². The average Bonchev–Trinajstić information content (AvgIpc) is 3.61. The molecule has 4 N–H and O–H groups in total. The number of benzene rings is 2. The van der Waals surface area contributed by atoms with Crippen LogP contribution in [0.15, 0.2) is 77.5 Å². The minimum absolute atomic E-state index is 0. The molecule has 2 amide bonds. The van der Waals surface area contributed by atoms with Gasteiger partial charge < -0.3 is 15.4 Å². The molecular formula is C26H26N4NaO6S3. The molecule has 4 rings (SSSR count). The number of rotatable bonds is 11. The van der Waals surface area contributed by atoms with Gasteiger partial charge in [0.2, 0.25) is 5.91 Å². The molecule has 0 aliphatic heterocycles. The fourth-order valence-electron chi connectivity index (χ4n) is 3.82. The fraction of sp³-hybridized carbons (Fsp3) is 0.192. The number of anilines is 1. The Morgan fingerprint density at radius 3 is 2.27 bits per heavy atom. The molecule has 2 aromatic carbocycles. The Morgan fingerprint density at radius 1 is 0.950 bits per heavy atom. The van der Waals surface area contributed by atoms with Crippen LogP contribution in [0.1, 0.15) is 22.9 Å². The summed E-state index contributed by atoms with van der Waals surface area (Å²) in [6, 6.07) is 18.2. The number of carbonyl (C=O) groups excluding carboxylic acids is 2. The van der Waals surface area contributed by atoms with E-state index in [9.17, 15) is 18.0 Å². The molecular weight excluding hydrogens is 583 g/mol. The number of nitrogens with one attached hydrogen (secondary N) is 3. The molecule has 2 aromatic heterocycles. The standard InChI is InChI=1S/C26H26N4O6S3.Na/c1-36-26(32)29-21(15-17-6-3-2-4-7-17)24(31)27-20(22-16-38-25(28-22)23-8-5-13-37-23)14-18-9-11-19(12-10-18)30-39(33,34)35;/h2-13,16,20-21,30H,14-15H2,1H3,(H,27,31)(H,29,32)(H,33,34,35);/t20-,21-;/m0./s1. The smallest absolute Gasteiger partial charge is 0.407 e. The molecule has 0 fully saturated rings. The summed E-state index contributed by atoms with van der Waals surface area (Å²) in [5, 5.41) is 10.3. The number of hydrogen-bond acceptors (Lipinski definition) is 8. The average molecular weight is 610 g/mol. The Morgan fingerprint density at radius 2 is 1.65 bits per heavy atom. The molecule has 0 spiro atoms. The zero-order valence-corrected chi connectivity index (χ0v) is 26.2. The van der Waals surface area contributed by atoms with Crippen molar-refractivity contribution in [2.24, 2.45) is 0 Å². The van der Waals surface area contributed by atoms with E-state index in [-0.39, 0.29) is 41.7 Å². The van der Waals surface area contributed by atoms with E-state index < -0.39 is 34.4 Å². The van der Waals surface area contributed by atoms with Crippen LogP contribution in [-0.4, -0.2) is 72.7 Å². The fourth-order valence-corrected chi connectivity index (χ4v) is 5.94. The van der Waals surface area contributed by atoms with Crippen LogP contribution in [0.25, 0.3) is 9.88 Å². The van der Waals surface area contributed by atoms with E-state index in [1.54, 1.807) is 23.5 Å². The van der Waals surface area contributed by atoms with Gasteiger partial charge in [-0.3, -0.25) is 14.1 Å². The second-order valence-corrected chi connectivity index (χ2v) is 11.4. The molecule has 40 heavy (non-hydrogen) atoms. The molecule has 14 heteroatoms. The molecule has 0 saturated carbocycles. The summed E-state index contributed by atoms with van der Waals surface area (Å²) in [6.07, 6.45) is -0.137. The topological polar surface area (TPSA) is 147 Å². The van der Waals surface area contributed by atoms with Crippen LogP contribution in [0.4, 0.5) is 10.5 Å². The van der Waals surface area contributed by atoms with Crippen LogP contribution < -0.4 is 15.4 Å². The Hall–Kier alpha value is -2.78. The molecule has 10 nitrogen and oxygen atoms in total. The van der Waals surface area contributed by atoms with Crippen molar-refractivity contribution in [1.82, 2.24) is 15.6 Å². The molecule has 1 radical (unpaired) electrons. The quantitative estimate of drug-likeness (QED) is 0.148. The van der Waals surface area contributed by atoms with E-state index in [1.165, 1.54) is 30.6 Å². The van der Waals surface area contributed by atoms with Crippen LogP contribution in [0.5, 0.6) is 0 Å². The van der Waals surface area contributed by atoms with Gasteiger partial charge in [0, 0.05) is 41.4 Å². The van der Waals surface area contributed by atoms with Gasteiger partial charge in [0.05, 0.1) is 29.4 Å². The van der Waals surface area contributed by atoms with Crippen molar-refractivity contribution in [2.75, 3.05) is 11.8 Å². The zero-order valence-electron chi connectivity index (χ0n) is 21.7. The molecule has 0 aliphatic carbocycles. The summed E-state index contributed by atoms with van der Waals surface area (Å²) in [5.74, 6) is -0.412. The third-order valence-electron chi connectivity index (χ3n) is 5.64. The molecule has 2 heterocycles. The Balaban J connectivity index is 0.00000441. The monoisotopic (exact) mass is 609 g/mol. The number of methoxy groups -OCH3 is 1. The van der Waals surface area contributed by atoms with Gasteiger partial charge in [-0.1, -0.05) is 48.5 Å². The molecule has 0 saturated heterocycles. The first-order valence-electron chi connectivity index (χ1n) is 11.7. The molecule has 2 atom stereocenters. The van der Waals surface area contributed by atoms with Gasteiger partial charge in [-0.05, 0) is 41.1 Å². The number of ether oxygens (including phenoxy) is 1. The minimum Gasteiger partial charge on any atom is -0.453 e. The number of hydrogen-bond donors (Lipinski definition) is 4. The van der Waals surface area contributed by atoms with E-state index in [4.69, 9.17) is 14.3 Å². The van der Waals surface area contributed by atoms with E-state index in [1.807, 2.05) is 57.9 Å². The first-order valence-corrected chi connectivity index (χ1v) is 14.9. The van der Waals surface area contributed by atoms with Crippen LogP contribution in [0.3, 0.4) is 0 Å². The van der Waals surface area contributed by atoms with Crippen molar-refractivity contribution in [1.29, 1.82) is 0 Å². The Bertz CT molecular complexity index is 1500. The van der Waals surface area contributed by atoms with Crippen LogP contribution in [0.2, 0.25) is 0 Å². The van der Waals surface area contributed by atoms with Gasteiger partial charge in [-0.25, -0.2) is 9.78 Å². The SMILES string of the molecule is COC(=O)N[C@@H](Cc1ccccc1)C(=O)N[C@@H](Cc1ccc(NS(=O)(=O)O)cc1)c1csc(-c2cccs2)n1.[Na]. The number of nitrogens with zero attached hydrogens (tertiary/aromatic N) is 1. The number of alkyl carbamates (subject to hydrolysis) is 1. The number of thiophene rings is 1. The van der Waals surface area contributed by atoms with Crippen molar-refractivity contribution >= 4 is 80.2 Å². The van der Waals surface area contributed by atoms with Crippen molar-refractivity contribution < 1.29 is 27.3 Å². The van der Waals surface area contributed by atoms with E-state index in [0.717, 1.165) is 21.0 Å².